The zero-order valence-electron chi connectivity index (χ0n) is 12.7. The number of carbonyl (C=O) groups excluding carboxylic acids is 1. The van der Waals surface area contributed by atoms with Crippen molar-refractivity contribution in [2.24, 2.45) is 0 Å². The lowest BCUT2D eigenvalue weighted by Gasteiger charge is -2.10. The van der Waals surface area contributed by atoms with Gasteiger partial charge in [0.2, 0.25) is 15.9 Å². The SMILES string of the molecule is CCCOCCCNS(=O)(=O)c1ccc(NC(C)=O)c(Cl)c1. The number of ether oxygens (including phenoxy) is 1. The Hall–Kier alpha value is -1.15. The molecule has 2 N–H and O–H groups in total. The second-order valence-electron chi connectivity index (χ2n) is 4.69. The minimum atomic E-state index is -3.62. The molecule has 0 aliphatic heterocycles. The van der Waals surface area contributed by atoms with Crippen molar-refractivity contribution in [3.05, 3.63) is 23.2 Å². The molecule has 0 aliphatic rings. The van der Waals surface area contributed by atoms with Crippen molar-refractivity contribution < 1.29 is 17.9 Å². The largest absolute Gasteiger partial charge is 0.381 e. The highest BCUT2D eigenvalue weighted by molar-refractivity contribution is 7.89. The van der Waals surface area contributed by atoms with E-state index in [1.807, 2.05) is 6.92 Å². The Morgan fingerprint density at radius 3 is 2.64 bits per heavy atom. The van der Waals surface area contributed by atoms with Gasteiger partial charge in [-0.1, -0.05) is 18.5 Å². The second kappa shape index (κ2) is 9.09. The number of rotatable bonds is 9. The van der Waals surface area contributed by atoms with Crippen LogP contribution in [-0.4, -0.2) is 34.1 Å². The van der Waals surface area contributed by atoms with E-state index in [0.29, 0.717) is 25.3 Å². The molecular weight excluding hydrogens is 328 g/mol. The highest BCUT2D eigenvalue weighted by Gasteiger charge is 2.15. The second-order valence-corrected chi connectivity index (χ2v) is 6.86. The van der Waals surface area contributed by atoms with Crippen molar-refractivity contribution in [2.45, 2.75) is 31.6 Å². The van der Waals surface area contributed by atoms with Crippen molar-refractivity contribution in [3.63, 3.8) is 0 Å². The summed E-state index contributed by atoms with van der Waals surface area (Å²) < 4.78 is 32.0. The number of benzene rings is 1. The lowest BCUT2D eigenvalue weighted by molar-refractivity contribution is -0.114. The lowest BCUT2D eigenvalue weighted by atomic mass is 10.3. The van der Waals surface area contributed by atoms with Gasteiger partial charge in [-0.3, -0.25) is 4.79 Å². The zero-order chi connectivity index (χ0) is 16.6. The third-order valence-electron chi connectivity index (χ3n) is 2.67. The van der Waals surface area contributed by atoms with Crippen LogP contribution in [0.2, 0.25) is 5.02 Å². The van der Waals surface area contributed by atoms with Crippen molar-refractivity contribution in [1.82, 2.24) is 4.72 Å². The van der Waals surface area contributed by atoms with Crippen molar-refractivity contribution in [2.75, 3.05) is 25.1 Å². The van der Waals surface area contributed by atoms with Crippen LogP contribution < -0.4 is 10.0 Å². The van der Waals surface area contributed by atoms with Gasteiger partial charge in [0, 0.05) is 26.7 Å². The lowest BCUT2D eigenvalue weighted by Crippen LogP contribution is -2.25. The van der Waals surface area contributed by atoms with Crippen molar-refractivity contribution >= 4 is 33.2 Å². The highest BCUT2D eigenvalue weighted by atomic mass is 35.5. The summed E-state index contributed by atoms with van der Waals surface area (Å²) in [5.41, 5.74) is 0.376. The van der Waals surface area contributed by atoms with Gasteiger partial charge in [-0.05, 0) is 31.0 Å². The predicted molar refractivity (Wildman–Crippen MR) is 86.7 cm³/mol. The molecule has 0 saturated heterocycles. The first-order valence-corrected chi connectivity index (χ1v) is 8.87. The summed E-state index contributed by atoms with van der Waals surface area (Å²) in [4.78, 5) is 11.0. The monoisotopic (exact) mass is 348 g/mol. The summed E-state index contributed by atoms with van der Waals surface area (Å²) >= 11 is 5.97. The van der Waals surface area contributed by atoms with E-state index in [1.165, 1.54) is 25.1 Å². The fraction of sp³-hybridized carbons (Fsp3) is 0.500. The molecule has 1 aromatic rings. The predicted octanol–water partition coefficient (Wildman–Crippen LogP) is 2.39. The van der Waals surface area contributed by atoms with E-state index < -0.39 is 10.0 Å². The van der Waals surface area contributed by atoms with E-state index in [0.717, 1.165) is 6.42 Å². The molecule has 0 fully saturated rings. The number of nitrogens with one attached hydrogen (secondary N) is 2. The van der Waals surface area contributed by atoms with Gasteiger partial charge in [0.15, 0.2) is 0 Å². The molecule has 22 heavy (non-hydrogen) atoms. The van der Waals surface area contributed by atoms with E-state index in [4.69, 9.17) is 16.3 Å². The summed E-state index contributed by atoms with van der Waals surface area (Å²) in [6, 6.07) is 4.17. The molecule has 0 radical (unpaired) electrons. The first-order valence-electron chi connectivity index (χ1n) is 7.01. The van der Waals surface area contributed by atoms with Crippen LogP contribution >= 0.6 is 11.6 Å². The Bertz CT molecular complexity index is 605. The number of hydrogen-bond donors (Lipinski definition) is 2. The Kier molecular flexibility index (Phi) is 7.81. The normalized spacial score (nSPS) is 11.4. The molecule has 1 amide bonds. The standard InChI is InChI=1S/C14H21ClN2O4S/c1-3-8-21-9-4-7-16-22(19,20)12-5-6-14(13(15)10-12)17-11(2)18/h5-6,10,16H,3-4,7-9H2,1-2H3,(H,17,18). The first kappa shape index (κ1) is 18.9. The van der Waals surface area contributed by atoms with E-state index in [2.05, 4.69) is 10.0 Å². The summed E-state index contributed by atoms with van der Waals surface area (Å²) in [6.07, 6.45) is 1.53. The van der Waals surface area contributed by atoms with E-state index in [1.54, 1.807) is 0 Å². The van der Waals surface area contributed by atoms with Gasteiger partial charge in [0.25, 0.3) is 0 Å². The molecule has 0 aliphatic carbocycles. The molecule has 0 unspecified atom stereocenters. The van der Waals surface area contributed by atoms with Crippen LogP contribution in [0.3, 0.4) is 0 Å². The Morgan fingerprint density at radius 1 is 1.32 bits per heavy atom. The summed E-state index contributed by atoms with van der Waals surface area (Å²) in [5.74, 6) is -0.275. The fourth-order valence-electron chi connectivity index (χ4n) is 1.66. The number of halogens is 1. The Morgan fingerprint density at radius 2 is 2.05 bits per heavy atom. The van der Waals surface area contributed by atoms with Gasteiger partial charge >= 0.3 is 0 Å². The van der Waals surface area contributed by atoms with Gasteiger partial charge in [0.05, 0.1) is 15.6 Å². The summed E-state index contributed by atoms with van der Waals surface area (Å²) in [6.45, 7) is 4.84. The van der Waals surface area contributed by atoms with Crippen molar-refractivity contribution in [1.29, 1.82) is 0 Å². The van der Waals surface area contributed by atoms with Crippen LogP contribution in [0.5, 0.6) is 0 Å². The topological polar surface area (TPSA) is 84.5 Å². The molecular formula is C14H21ClN2O4S. The van der Waals surface area contributed by atoms with Crippen LogP contribution in [0.15, 0.2) is 23.1 Å². The smallest absolute Gasteiger partial charge is 0.240 e. The molecule has 1 rings (SSSR count). The average molecular weight is 349 g/mol. The molecule has 6 nitrogen and oxygen atoms in total. The van der Waals surface area contributed by atoms with Gasteiger partial charge < -0.3 is 10.1 Å². The molecule has 1 aromatic carbocycles. The third-order valence-corrected chi connectivity index (χ3v) is 4.44. The Labute approximate surface area is 136 Å². The van der Waals surface area contributed by atoms with Crippen LogP contribution in [0.25, 0.3) is 0 Å². The van der Waals surface area contributed by atoms with Crippen LogP contribution in [0.1, 0.15) is 26.7 Å². The van der Waals surface area contributed by atoms with Gasteiger partial charge in [-0.25, -0.2) is 13.1 Å². The molecule has 0 bridgehead atoms. The van der Waals surface area contributed by atoms with Gasteiger partial charge in [-0.2, -0.15) is 0 Å². The summed E-state index contributed by atoms with van der Waals surface area (Å²) in [7, 11) is -3.62. The number of hydrogen-bond acceptors (Lipinski definition) is 4. The van der Waals surface area contributed by atoms with Crippen LogP contribution in [0.4, 0.5) is 5.69 Å². The molecule has 0 heterocycles. The van der Waals surface area contributed by atoms with Crippen LogP contribution in [-0.2, 0) is 19.6 Å². The highest BCUT2D eigenvalue weighted by Crippen LogP contribution is 2.25. The summed E-state index contributed by atoms with van der Waals surface area (Å²) in [5, 5.41) is 2.69. The van der Waals surface area contributed by atoms with Gasteiger partial charge in [-0.15, -0.1) is 0 Å². The minimum absolute atomic E-state index is 0.0566. The maximum absolute atomic E-state index is 12.1. The maximum Gasteiger partial charge on any atom is 0.240 e. The zero-order valence-corrected chi connectivity index (χ0v) is 14.3. The molecule has 0 aromatic heterocycles. The van der Waals surface area contributed by atoms with E-state index in [-0.39, 0.29) is 22.4 Å². The molecule has 0 spiro atoms. The van der Waals surface area contributed by atoms with Crippen LogP contribution in [0, 0.1) is 0 Å². The molecule has 0 atom stereocenters. The average Bonchev–Trinajstić information content (AvgIpc) is 2.44. The Balaban J connectivity index is 2.61. The van der Waals surface area contributed by atoms with E-state index in [9.17, 15) is 13.2 Å². The number of anilines is 1. The number of carbonyl (C=O) groups is 1. The molecule has 124 valence electrons. The van der Waals surface area contributed by atoms with Gasteiger partial charge in [0.1, 0.15) is 0 Å². The first-order chi connectivity index (χ1) is 10.4. The quantitative estimate of drug-likeness (QED) is 0.671. The molecule has 8 heteroatoms. The van der Waals surface area contributed by atoms with E-state index >= 15 is 0 Å². The minimum Gasteiger partial charge on any atom is -0.381 e. The number of amides is 1. The van der Waals surface area contributed by atoms with Crippen molar-refractivity contribution in [3.8, 4) is 0 Å². The third kappa shape index (κ3) is 6.31. The molecule has 0 saturated carbocycles. The maximum atomic E-state index is 12.1. The fourth-order valence-corrected chi connectivity index (χ4v) is 3.06. The number of sulfonamides is 1.